The Balaban J connectivity index is 1.50. The minimum Gasteiger partial charge on any atom is -0.383 e. The normalized spacial score (nSPS) is 15.8. The molecule has 2 aromatic heterocycles. The Kier molecular flexibility index (Phi) is 5.55. The topological polar surface area (TPSA) is 101 Å². The molecule has 1 fully saturated rings. The Hall–Kier alpha value is -3.17. The molecule has 0 saturated heterocycles. The quantitative estimate of drug-likeness (QED) is 0.722. The van der Waals surface area contributed by atoms with E-state index in [4.69, 9.17) is 5.73 Å². The van der Waals surface area contributed by atoms with Crippen LogP contribution in [-0.2, 0) is 35.2 Å². The SMILES string of the molecule is Nc1ncc(NC(=O)C(=O)N(Cc2ccc(C(F)(F)F)cn2)C2CCC2)c2c1CCC2. The molecule has 0 aliphatic heterocycles. The first kappa shape index (κ1) is 21.1. The van der Waals surface area contributed by atoms with Crippen molar-refractivity contribution < 1.29 is 22.8 Å². The fraction of sp³-hybridized carbons (Fsp3) is 0.429. The summed E-state index contributed by atoms with van der Waals surface area (Å²) in [7, 11) is 0. The summed E-state index contributed by atoms with van der Waals surface area (Å²) in [5, 5.41) is 2.65. The lowest BCUT2D eigenvalue weighted by Crippen LogP contribution is -2.48. The molecule has 31 heavy (non-hydrogen) atoms. The molecule has 0 bridgehead atoms. The third kappa shape index (κ3) is 4.33. The van der Waals surface area contributed by atoms with Crippen LogP contribution in [0.25, 0.3) is 0 Å². The molecular weight excluding hydrogens is 411 g/mol. The van der Waals surface area contributed by atoms with E-state index in [0.717, 1.165) is 61.9 Å². The van der Waals surface area contributed by atoms with Crippen molar-refractivity contribution >= 4 is 23.3 Å². The fourth-order valence-corrected chi connectivity index (χ4v) is 3.95. The number of nitrogens with two attached hydrogens (primary N) is 1. The molecule has 1 saturated carbocycles. The lowest BCUT2D eigenvalue weighted by Gasteiger charge is -2.37. The van der Waals surface area contributed by atoms with Gasteiger partial charge in [-0.05, 0) is 61.8 Å². The number of anilines is 2. The van der Waals surface area contributed by atoms with Crippen molar-refractivity contribution in [2.24, 2.45) is 0 Å². The standard InChI is InChI=1S/C21H22F3N5O2/c22-21(23,24)12-7-8-13(26-9-12)11-29(14-3-1-4-14)20(31)19(30)28-17-10-27-18(25)16-6-2-5-15(16)17/h7-10,14H,1-6,11H2,(H2,25,27)(H,28,30). The molecule has 0 unspecified atom stereocenters. The van der Waals surface area contributed by atoms with Gasteiger partial charge in [-0.2, -0.15) is 13.2 Å². The van der Waals surface area contributed by atoms with E-state index < -0.39 is 23.6 Å². The number of carbonyl (C=O) groups is 2. The van der Waals surface area contributed by atoms with E-state index in [0.29, 0.717) is 11.5 Å². The Morgan fingerprint density at radius 1 is 1.10 bits per heavy atom. The number of carbonyl (C=O) groups excluding carboxylic acids is 2. The highest BCUT2D eigenvalue weighted by molar-refractivity contribution is 6.39. The third-order valence-corrected chi connectivity index (χ3v) is 5.89. The van der Waals surface area contributed by atoms with Gasteiger partial charge in [0.2, 0.25) is 0 Å². The van der Waals surface area contributed by atoms with Crippen LogP contribution in [-0.4, -0.2) is 32.7 Å². The Morgan fingerprint density at radius 2 is 1.84 bits per heavy atom. The van der Waals surface area contributed by atoms with Crippen LogP contribution in [0.2, 0.25) is 0 Å². The minimum atomic E-state index is -4.48. The molecule has 0 aromatic carbocycles. The van der Waals surface area contributed by atoms with Crippen LogP contribution < -0.4 is 11.1 Å². The summed E-state index contributed by atoms with van der Waals surface area (Å²) >= 11 is 0. The van der Waals surface area contributed by atoms with Crippen LogP contribution >= 0.6 is 0 Å². The second-order valence-corrected chi connectivity index (χ2v) is 7.88. The summed E-state index contributed by atoms with van der Waals surface area (Å²) in [5.41, 5.74) is 7.59. The monoisotopic (exact) mass is 433 g/mol. The van der Waals surface area contributed by atoms with Gasteiger partial charge in [-0.3, -0.25) is 14.6 Å². The van der Waals surface area contributed by atoms with E-state index in [-0.39, 0.29) is 18.3 Å². The fourth-order valence-electron chi connectivity index (χ4n) is 3.95. The Morgan fingerprint density at radius 3 is 2.45 bits per heavy atom. The molecule has 164 valence electrons. The summed E-state index contributed by atoms with van der Waals surface area (Å²) in [6.07, 6.45) is 2.52. The van der Waals surface area contributed by atoms with Crippen molar-refractivity contribution in [2.75, 3.05) is 11.1 Å². The summed E-state index contributed by atoms with van der Waals surface area (Å²) in [6, 6.07) is 2.02. The maximum atomic E-state index is 12.9. The molecule has 2 aliphatic rings. The van der Waals surface area contributed by atoms with Gasteiger partial charge in [0.05, 0.1) is 29.7 Å². The summed E-state index contributed by atoms with van der Waals surface area (Å²) in [5.74, 6) is -1.12. The van der Waals surface area contributed by atoms with Crippen molar-refractivity contribution in [3.05, 3.63) is 46.9 Å². The molecule has 0 radical (unpaired) electrons. The number of fused-ring (bicyclic) bond motifs is 1. The number of halogens is 3. The molecule has 3 N–H and O–H groups in total. The van der Waals surface area contributed by atoms with E-state index in [2.05, 4.69) is 15.3 Å². The smallest absolute Gasteiger partial charge is 0.383 e. The Labute approximate surface area is 176 Å². The number of nitrogen functional groups attached to an aromatic ring is 1. The van der Waals surface area contributed by atoms with Gasteiger partial charge in [-0.15, -0.1) is 0 Å². The lowest BCUT2D eigenvalue weighted by molar-refractivity contribution is -0.146. The van der Waals surface area contributed by atoms with Crippen molar-refractivity contribution in [3.63, 3.8) is 0 Å². The molecule has 2 heterocycles. The number of rotatable bonds is 4. The molecule has 2 amide bonds. The van der Waals surface area contributed by atoms with Crippen molar-refractivity contribution in [3.8, 4) is 0 Å². The minimum absolute atomic E-state index is 0.0346. The molecule has 0 spiro atoms. The lowest BCUT2D eigenvalue weighted by atomic mass is 9.91. The largest absolute Gasteiger partial charge is 0.417 e. The number of hydrogen-bond acceptors (Lipinski definition) is 5. The van der Waals surface area contributed by atoms with Gasteiger partial charge >= 0.3 is 18.0 Å². The zero-order valence-electron chi connectivity index (χ0n) is 16.7. The maximum absolute atomic E-state index is 12.9. The van der Waals surface area contributed by atoms with Gasteiger partial charge in [-0.25, -0.2) is 4.98 Å². The number of amides is 2. The summed E-state index contributed by atoms with van der Waals surface area (Å²) in [4.78, 5) is 35.0. The number of aromatic nitrogens is 2. The third-order valence-electron chi connectivity index (χ3n) is 5.89. The van der Waals surface area contributed by atoms with Gasteiger partial charge in [0.1, 0.15) is 5.82 Å². The van der Waals surface area contributed by atoms with Crippen LogP contribution in [0.3, 0.4) is 0 Å². The predicted octanol–water partition coefficient (Wildman–Crippen LogP) is 3.09. The van der Waals surface area contributed by atoms with Crippen LogP contribution in [0.1, 0.15) is 48.1 Å². The molecule has 7 nitrogen and oxygen atoms in total. The average molecular weight is 433 g/mol. The summed E-state index contributed by atoms with van der Waals surface area (Å²) < 4.78 is 38.3. The van der Waals surface area contributed by atoms with Gasteiger partial charge in [0.25, 0.3) is 0 Å². The molecule has 2 aliphatic carbocycles. The van der Waals surface area contributed by atoms with E-state index in [1.807, 2.05) is 0 Å². The number of alkyl halides is 3. The van der Waals surface area contributed by atoms with Crippen LogP contribution in [0.4, 0.5) is 24.7 Å². The van der Waals surface area contributed by atoms with Crippen molar-refractivity contribution in [1.29, 1.82) is 0 Å². The highest BCUT2D eigenvalue weighted by Crippen LogP contribution is 2.32. The van der Waals surface area contributed by atoms with E-state index in [9.17, 15) is 22.8 Å². The zero-order valence-corrected chi connectivity index (χ0v) is 16.7. The average Bonchev–Trinajstić information content (AvgIpc) is 3.18. The number of nitrogens with one attached hydrogen (secondary N) is 1. The maximum Gasteiger partial charge on any atom is 0.417 e. The first-order valence-electron chi connectivity index (χ1n) is 10.1. The van der Waals surface area contributed by atoms with Crippen molar-refractivity contribution in [2.45, 2.75) is 57.3 Å². The van der Waals surface area contributed by atoms with Crippen LogP contribution in [0, 0.1) is 0 Å². The number of pyridine rings is 2. The molecule has 0 atom stereocenters. The molecule has 4 rings (SSSR count). The van der Waals surface area contributed by atoms with Gasteiger partial charge in [-0.1, -0.05) is 0 Å². The van der Waals surface area contributed by atoms with Gasteiger partial charge in [0, 0.05) is 12.2 Å². The first-order chi connectivity index (χ1) is 14.7. The molecular formula is C21H22F3N5O2. The highest BCUT2D eigenvalue weighted by Gasteiger charge is 2.34. The van der Waals surface area contributed by atoms with E-state index in [1.54, 1.807) is 0 Å². The molecule has 10 heteroatoms. The van der Waals surface area contributed by atoms with Gasteiger partial charge < -0.3 is 16.0 Å². The van der Waals surface area contributed by atoms with E-state index in [1.165, 1.54) is 17.2 Å². The van der Waals surface area contributed by atoms with Crippen molar-refractivity contribution in [1.82, 2.24) is 14.9 Å². The second kappa shape index (κ2) is 8.16. The molecule has 2 aromatic rings. The zero-order chi connectivity index (χ0) is 22.2. The number of nitrogens with zero attached hydrogens (tertiary/aromatic N) is 3. The second-order valence-electron chi connectivity index (χ2n) is 7.88. The van der Waals surface area contributed by atoms with Crippen LogP contribution in [0.5, 0.6) is 0 Å². The Bertz CT molecular complexity index is 1000. The van der Waals surface area contributed by atoms with Gasteiger partial charge in [0.15, 0.2) is 0 Å². The highest BCUT2D eigenvalue weighted by atomic mass is 19.4. The predicted molar refractivity (Wildman–Crippen MR) is 107 cm³/mol. The summed E-state index contributed by atoms with van der Waals surface area (Å²) in [6.45, 7) is -0.0346. The van der Waals surface area contributed by atoms with E-state index >= 15 is 0 Å². The van der Waals surface area contributed by atoms with Crippen LogP contribution in [0.15, 0.2) is 24.5 Å². The first-order valence-corrected chi connectivity index (χ1v) is 10.1. The number of hydrogen-bond donors (Lipinski definition) is 2.